The van der Waals surface area contributed by atoms with Crippen LogP contribution in [0, 0.1) is 17.7 Å². The molecule has 1 N–H and O–H groups in total. The summed E-state index contributed by atoms with van der Waals surface area (Å²) in [6.45, 7) is 1.24. The number of hydrogen-bond donors (Lipinski definition) is 1. The molecule has 0 spiro atoms. The highest BCUT2D eigenvalue weighted by Crippen LogP contribution is 2.33. The maximum atomic E-state index is 13.4. The molecule has 1 fully saturated rings. The number of anilines is 1. The van der Waals surface area contributed by atoms with Gasteiger partial charge in [-0.3, -0.25) is 4.79 Å². The third kappa shape index (κ3) is 3.87. The van der Waals surface area contributed by atoms with Crippen molar-refractivity contribution in [2.75, 3.05) is 31.3 Å². The molecule has 2 aliphatic rings. The Morgan fingerprint density at radius 3 is 2.83 bits per heavy atom. The number of fused-ring (bicyclic) bond motifs is 2. The van der Waals surface area contributed by atoms with Crippen LogP contribution in [0.2, 0.25) is 0 Å². The molecule has 2 atom stereocenters. The lowest BCUT2D eigenvalue weighted by molar-refractivity contribution is -0.117. The van der Waals surface area contributed by atoms with Crippen molar-refractivity contribution in [3.8, 4) is 5.75 Å². The molecule has 1 amide bonds. The van der Waals surface area contributed by atoms with Crippen LogP contribution in [-0.4, -0.2) is 44.6 Å². The van der Waals surface area contributed by atoms with Crippen LogP contribution in [0.25, 0.3) is 0 Å². The Balaban J connectivity index is 1.80. The van der Waals surface area contributed by atoms with Gasteiger partial charge in [0.1, 0.15) is 11.6 Å². The Hall–Kier alpha value is -1.67. The van der Waals surface area contributed by atoms with E-state index in [1.54, 1.807) is 0 Å². The molecule has 0 aliphatic carbocycles. The second kappa shape index (κ2) is 6.68. The second-order valence-electron chi connectivity index (χ2n) is 6.46. The molecule has 0 aromatic heterocycles. The number of nitrogens with zero attached hydrogens (tertiary/aromatic N) is 1. The quantitative estimate of drug-likeness (QED) is 0.833. The van der Waals surface area contributed by atoms with Gasteiger partial charge in [0, 0.05) is 25.6 Å². The van der Waals surface area contributed by atoms with E-state index in [4.69, 9.17) is 4.74 Å². The summed E-state index contributed by atoms with van der Waals surface area (Å²) in [5.41, 5.74) is 0.340. The van der Waals surface area contributed by atoms with E-state index in [-0.39, 0.29) is 17.7 Å². The van der Waals surface area contributed by atoms with Crippen LogP contribution in [0.3, 0.4) is 0 Å². The van der Waals surface area contributed by atoms with E-state index in [0.717, 1.165) is 0 Å². The predicted molar refractivity (Wildman–Crippen MR) is 87.8 cm³/mol. The van der Waals surface area contributed by atoms with Crippen LogP contribution in [0.4, 0.5) is 10.1 Å². The smallest absolute Gasteiger partial charge is 0.224 e. The third-order valence-electron chi connectivity index (χ3n) is 4.73. The molecule has 132 valence electrons. The number of benzene rings is 1. The molecule has 1 aromatic rings. The maximum Gasteiger partial charge on any atom is 0.224 e. The summed E-state index contributed by atoms with van der Waals surface area (Å²) >= 11 is 0. The van der Waals surface area contributed by atoms with Gasteiger partial charge in [0.2, 0.25) is 15.9 Å². The molecule has 0 saturated carbocycles. The normalized spacial score (nSPS) is 25.8. The maximum absolute atomic E-state index is 13.4. The molecule has 6 nitrogen and oxygen atoms in total. The first-order valence-electron chi connectivity index (χ1n) is 8.00. The number of nitrogens with one attached hydrogen (secondary N) is 1. The molecule has 0 unspecified atom stereocenters. The van der Waals surface area contributed by atoms with E-state index in [1.165, 1.54) is 28.8 Å². The summed E-state index contributed by atoms with van der Waals surface area (Å²) in [6, 6.07) is 4.03. The summed E-state index contributed by atoms with van der Waals surface area (Å²) in [4.78, 5) is 12.3. The fraction of sp³-hybridized carbons (Fsp3) is 0.562. The molecule has 1 saturated heterocycles. The number of carbonyl (C=O) groups excluding carboxylic acids is 1. The SMILES string of the molecule is CS(=O)(=O)N1CC[C@H]2CC(=O)Nc3cc(F)ccc3OCC[C@H]2C1. The topological polar surface area (TPSA) is 75.7 Å². The number of ether oxygens (including phenoxy) is 1. The lowest BCUT2D eigenvalue weighted by atomic mass is 9.82. The summed E-state index contributed by atoms with van der Waals surface area (Å²) in [5, 5.41) is 2.71. The molecule has 8 heteroatoms. The van der Waals surface area contributed by atoms with Gasteiger partial charge in [0.05, 0.1) is 18.6 Å². The number of amides is 1. The number of rotatable bonds is 1. The van der Waals surface area contributed by atoms with E-state index in [2.05, 4.69) is 5.32 Å². The molecule has 0 bridgehead atoms. The van der Waals surface area contributed by atoms with E-state index in [0.29, 0.717) is 50.4 Å². The number of carbonyl (C=O) groups is 1. The summed E-state index contributed by atoms with van der Waals surface area (Å²) in [7, 11) is -3.23. The van der Waals surface area contributed by atoms with Crippen molar-refractivity contribution < 1.29 is 22.3 Å². The molecule has 24 heavy (non-hydrogen) atoms. The van der Waals surface area contributed by atoms with E-state index in [1.807, 2.05) is 0 Å². The average molecular weight is 356 g/mol. The van der Waals surface area contributed by atoms with Gasteiger partial charge < -0.3 is 10.1 Å². The molecule has 0 radical (unpaired) electrons. The van der Waals surface area contributed by atoms with Gasteiger partial charge in [0.25, 0.3) is 0 Å². The first kappa shape index (κ1) is 17.2. The van der Waals surface area contributed by atoms with Gasteiger partial charge in [0.15, 0.2) is 0 Å². The second-order valence-corrected chi connectivity index (χ2v) is 8.44. The Labute approximate surface area is 141 Å². The van der Waals surface area contributed by atoms with Crippen molar-refractivity contribution >= 4 is 21.6 Å². The Bertz CT molecular complexity index is 738. The highest BCUT2D eigenvalue weighted by atomic mass is 32.2. The third-order valence-corrected chi connectivity index (χ3v) is 6.00. The zero-order chi connectivity index (χ0) is 17.3. The number of sulfonamides is 1. The summed E-state index contributed by atoms with van der Waals surface area (Å²) in [5.74, 6) is -0.0360. The predicted octanol–water partition coefficient (Wildman–Crippen LogP) is 1.83. The lowest BCUT2D eigenvalue weighted by Crippen LogP contribution is -2.44. The fourth-order valence-electron chi connectivity index (χ4n) is 3.43. The van der Waals surface area contributed by atoms with Crippen molar-refractivity contribution in [1.82, 2.24) is 4.31 Å². The van der Waals surface area contributed by atoms with Crippen molar-refractivity contribution in [2.45, 2.75) is 19.3 Å². The summed E-state index contributed by atoms with van der Waals surface area (Å²) in [6.07, 6.45) is 2.81. The van der Waals surface area contributed by atoms with Gasteiger partial charge in [-0.15, -0.1) is 0 Å². The molecule has 1 aromatic carbocycles. The van der Waals surface area contributed by atoms with Gasteiger partial charge in [-0.1, -0.05) is 0 Å². The van der Waals surface area contributed by atoms with Crippen LogP contribution in [0.5, 0.6) is 5.75 Å². The van der Waals surface area contributed by atoms with Crippen LogP contribution in [-0.2, 0) is 14.8 Å². The highest BCUT2D eigenvalue weighted by molar-refractivity contribution is 7.88. The van der Waals surface area contributed by atoms with Crippen molar-refractivity contribution in [3.05, 3.63) is 24.0 Å². The average Bonchev–Trinajstić information content (AvgIpc) is 2.49. The Morgan fingerprint density at radius 1 is 1.29 bits per heavy atom. The zero-order valence-electron chi connectivity index (χ0n) is 13.5. The van der Waals surface area contributed by atoms with Gasteiger partial charge in [-0.25, -0.2) is 17.1 Å². The van der Waals surface area contributed by atoms with Gasteiger partial charge in [-0.05, 0) is 36.8 Å². The number of piperidine rings is 1. The van der Waals surface area contributed by atoms with Crippen molar-refractivity contribution in [2.24, 2.45) is 11.8 Å². The first-order chi connectivity index (χ1) is 11.3. The molecule has 2 heterocycles. The highest BCUT2D eigenvalue weighted by Gasteiger charge is 2.34. The van der Waals surface area contributed by atoms with Crippen LogP contribution in [0.1, 0.15) is 19.3 Å². The van der Waals surface area contributed by atoms with Crippen LogP contribution in [0.15, 0.2) is 18.2 Å². The van der Waals surface area contributed by atoms with E-state index < -0.39 is 15.8 Å². The van der Waals surface area contributed by atoms with Gasteiger partial charge >= 0.3 is 0 Å². The molecule has 2 aliphatic heterocycles. The fourth-order valence-corrected chi connectivity index (χ4v) is 4.33. The summed E-state index contributed by atoms with van der Waals surface area (Å²) < 4.78 is 44.1. The van der Waals surface area contributed by atoms with Crippen LogP contribution < -0.4 is 10.1 Å². The van der Waals surface area contributed by atoms with Crippen LogP contribution >= 0.6 is 0 Å². The van der Waals surface area contributed by atoms with E-state index >= 15 is 0 Å². The van der Waals surface area contributed by atoms with Crippen molar-refractivity contribution in [1.29, 1.82) is 0 Å². The lowest BCUT2D eigenvalue weighted by Gasteiger charge is -2.37. The molecular weight excluding hydrogens is 335 g/mol. The minimum atomic E-state index is -3.23. The number of halogens is 1. The molecular formula is C16H21FN2O4S. The molecule has 3 rings (SSSR count). The van der Waals surface area contributed by atoms with E-state index in [9.17, 15) is 17.6 Å². The van der Waals surface area contributed by atoms with Crippen molar-refractivity contribution in [3.63, 3.8) is 0 Å². The Morgan fingerprint density at radius 2 is 2.08 bits per heavy atom. The first-order valence-corrected chi connectivity index (χ1v) is 9.85. The minimum Gasteiger partial charge on any atom is -0.491 e. The Kier molecular flexibility index (Phi) is 4.78. The van der Waals surface area contributed by atoms with Gasteiger partial charge in [-0.2, -0.15) is 0 Å². The largest absolute Gasteiger partial charge is 0.491 e. The zero-order valence-corrected chi connectivity index (χ0v) is 14.3. The number of hydrogen-bond acceptors (Lipinski definition) is 4. The minimum absolute atomic E-state index is 0.0706. The monoisotopic (exact) mass is 356 g/mol. The standard InChI is InChI=1S/C16H21FN2O4S/c1-24(21,22)19-6-4-11-8-16(20)18-14-9-13(17)2-3-15(14)23-7-5-12(11)10-19/h2-3,9,11-12H,4-8,10H2,1H3,(H,18,20)/t11-,12-/m0/s1.